The summed E-state index contributed by atoms with van der Waals surface area (Å²) in [5.74, 6) is -0.211. The third-order valence-corrected chi connectivity index (χ3v) is 5.08. The van der Waals surface area contributed by atoms with E-state index in [1.807, 2.05) is 26.0 Å². The van der Waals surface area contributed by atoms with Gasteiger partial charge in [-0.3, -0.25) is 4.79 Å². The van der Waals surface area contributed by atoms with Crippen LogP contribution in [0.2, 0.25) is 0 Å². The standard InChI is InChI=1S/C19H29N3O4/c1-4-14(2)18(19(25)26-3)20-17(24)13-21-9-11-22(12-10-21)15-5-7-16(23)8-6-15/h5-8,14,18,23H,4,9-13H2,1-3H3,(H,20,24)/p+1/t14-,18-/m0/s1. The Bertz CT molecular complexity index is 597. The second-order valence-electron chi connectivity index (χ2n) is 6.88. The van der Waals surface area contributed by atoms with E-state index in [1.54, 1.807) is 12.1 Å². The second-order valence-corrected chi connectivity index (χ2v) is 6.88. The average Bonchev–Trinajstić information content (AvgIpc) is 2.66. The number of benzene rings is 1. The molecule has 144 valence electrons. The van der Waals surface area contributed by atoms with E-state index in [0.717, 1.165) is 38.3 Å². The predicted molar refractivity (Wildman–Crippen MR) is 99.3 cm³/mol. The van der Waals surface area contributed by atoms with E-state index in [0.29, 0.717) is 6.54 Å². The molecule has 0 bridgehead atoms. The number of piperazine rings is 1. The fraction of sp³-hybridized carbons (Fsp3) is 0.579. The van der Waals surface area contributed by atoms with Gasteiger partial charge in [0.2, 0.25) is 0 Å². The number of aromatic hydroxyl groups is 1. The minimum Gasteiger partial charge on any atom is -0.508 e. The number of methoxy groups -OCH3 is 1. The third-order valence-electron chi connectivity index (χ3n) is 5.08. The lowest BCUT2D eigenvalue weighted by atomic mass is 9.99. The monoisotopic (exact) mass is 364 g/mol. The molecule has 0 unspecified atom stereocenters. The van der Waals surface area contributed by atoms with Gasteiger partial charge in [0.1, 0.15) is 11.8 Å². The normalized spacial score (nSPS) is 17.4. The topological polar surface area (TPSA) is 83.3 Å². The number of esters is 1. The van der Waals surface area contributed by atoms with Gasteiger partial charge in [-0.25, -0.2) is 4.79 Å². The number of hydrogen-bond acceptors (Lipinski definition) is 5. The van der Waals surface area contributed by atoms with Crippen molar-refractivity contribution in [2.75, 3.05) is 44.7 Å². The minimum absolute atomic E-state index is 0.0349. The van der Waals surface area contributed by atoms with Gasteiger partial charge < -0.3 is 25.0 Å². The molecule has 2 atom stereocenters. The molecule has 26 heavy (non-hydrogen) atoms. The Kier molecular flexibility index (Phi) is 7.26. The van der Waals surface area contributed by atoms with Crippen molar-refractivity contribution in [3.63, 3.8) is 0 Å². The number of ether oxygens (including phenoxy) is 1. The summed E-state index contributed by atoms with van der Waals surface area (Å²) in [5, 5.41) is 12.2. The van der Waals surface area contributed by atoms with Gasteiger partial charge in [-0.2, -0.15) is 0 Å². The van der Waals surface area contributed by atoms with Crippen LogP contribution in [0.3, 0.4) is 0 Å². The highest BCUT2D eigenvalue weighted by atomic mass is 16.5. The smallest absolute Gasteiger partial charge is 0.328 e. The molecule has 1 fully saturated rings. The molecular formula is C19H30N3O4+. The third kappa shape index (κ3) is 5.36. The van der Waals surface area contributed by atoms with E-state index in [2.05, 4.69) is 10.2 Å². The molecular weight excluding hydrogens is 334 g/mol. The number of phenolic OH excluding ortho intramolecular Hbond substituents is 1. The first-order chi connectivity index (χ1) is 12.4. The number of nitrogens with zero attached hydrogens (tertiary/aromatic N) is 1. The number of rotatable bonds is 7. The predicted octanol–water partition coefficient (Wildman–Crippen LogP) is -0.199. The molecule has 1 aliphatic rings. The summed E-state index contributed by atoms with van der Waals surface area (Å²) >= 11 is 0. The summed E-state index contributed by atoms with van der Waals surface area (Å²) < 4.78 is 4.81. The van der Waals surface area contributed by atoms with Crippen molar-refractivity contribution < 1.29 is 24.3 Å². The van der Waals surface area contributed by atoms with Crippen molar-refractivity contribution in [2.24, 2.45) is 5.92 Å². The van der Waals surface area contributed by atoms with E-state index in [-0.39, 0.29) is 23.5 Å². The summed E-state index contributed by atoms with van der Waals surface area (Å²) in [4.78, 5) is 27.7. The summed E-state index contributed by atoms with van der Waals surface area (Å²) in [7, 11) is 1.34. The van der Waals surface area contributed by atoms with Crippen molar-refractivity contribution in [3.05, 3.63) is 24.3 Å². The summed E-state index contributed by atoms with van der Waals surface area (Å²) in [6, 6.07) is 6.59. The van der Waals surface area contributed by atoms with E-state index < -0.39 is 6.04 Å². The van der Waals surface area contributed by atoms with Crippen molar-refractivity contribution in [2.45, 2.75) is 26.3 Å². The molecule has 0 saturated carbocycles. The second kappa shape index (κ2) is 9.43. The number of anilines is 1. The van der Waals surface area contributed by atoms with Crippen molar-refractivity contribution >= 4 is 17.6 Å². The molecule has 3 N–H and O–H groups in total. The molecule has 7 heteroatoms. The van der Waals surface area contributed by atoms with Crippen LogP contribution in [0.1, 0.15) is 20.3 Å². The van der Waals surface area contributed by atoms with Gasteiger partial charge in [-0.05, 0) is 30.2 Å². The van der Waals surface area contributed by atoms with Crippen molar-refractivity contribution in [3.8, 4) is 5.75 Å². The van der Waals surface area contributed by atoms with Crippen LogP contribution in [-0.2, 0) is 14.3 Å². The molecule has 1 saturated heterocycles. The number of carbonyl (C=O) groups is 2. The molecule has 1 aromatic carbocycles. The van der Waals surface area contributed by atoms with Crippen molar-refractivity contribution in [1.82, 2.24) is 5.32 Å². The number of phenols is 1. The molecule has 0 aliphatic carbocycles. The molecule has 1 amide bonds. The van der Waals surface area contributed by atoms with Gasteiger partial charge >= 0.3 is 5.97 Å². The maximum atomic E-state index is 12.4. The summed E-state index contributed by atoms with van der Waals surface area (Å²) in [6.45, 7) is 7.67. The zero-order valence-electron chi connectivity index (χ0n) is 15.8. The lowest BCUT2D eigenvalue weighted by Crippen LogP contribution is -3.16. The van der Waals surface area contributed by atoms with E-state index in [4.69, 9.17) is 4.74 Å². The van der Waals surface area contributed by atoms with E-state index in [1.165, 1.54) is 12.0 Å². The van der Waals surface area contributed by atoms with Crippen LogP contribution in [0, 0.1) is 5.92 Å². The first-order valence-electron chi connectivity index (χ1n) is 9.19. The largest absolute Gasteiger partial charge is 0.508 e. The molecule has 1 aliphatic heterocycles. The fourth-order valence-electron chi connectivity index (χ4n) is 3.17. The number of quaternary nitrogens is 1. The molecule has 0 radical (unpaired) electrons. The Morgan fingerprint density at radius 3 is 2.42 bits per heavy atom. The highest BCUT2D eigenvalue weighted by molar-refractivity contribution is 5.85. The van der Waals surface area contributed by atoms with Crippen LogP contribution in [0.25, 0.3) is 0 Å². The maximum absolute atomic E-state index is 12.4. The van der Waals surface area contributed by atoms with Gasteiger partial charge in [0, 0.05) is 5.69 Å². The van der Waals surface area contributed by atoms with Crippen LogP contribution in [-0.4, -0.2) is 62.9 Å². The molecule has 1 aromatic rings. The van der Waals surface area contributed by atoms with Gasteiger partial charge in [-0.1, -0.05) is 20.3 Å². The highest BCUT2D eigenvalue weighted by Crippen LogP contribution is 2.18. The fourth-order valence-corrected chi connectivity index (χ4v) is 3.17. The first kappa shape index (κ1) is 20.0. The number of amides is 1. The van der Waals surface area contributed by atoms with Crippen LogP contribution in [0.4, 0.5) is 5.69 Å². The zero-order chi connectivity index (χ0) is 19.1. The molecule has 2 rings (SSSR count). The lowest BCUT2D eigenvalue weighted by Gasteiger charge is -2.33. The quantitative estimate of drug-likeness (QED) is 0.584. The van der Waals surface area contributed by atoms with Crippen LogP contribution in [0.5, 0.6) is 5.75 Å². The lowest BCUT2D eigenvalue weighted by molar-refractivity contribution is -0.892. The SMILES string of the molecule is CC[C@H](C)[C@H](NC(=O)C[NH+]1CCN(c2ccc(O)cc2)CC1)C(=O)OC. The molecule has 1 heterocycles. The van der Waals surface area contributed by atoms with Gasteiger partial charge in [-0.15, -0.1) is 0 Å². The van der Waals surface area contributed by atoms with Gasteiger partial charge in [0.05, 0.1) is 33.3 Å². The van der Waals surface area contributed by atoms with Crippen molar-refractivity contribution in [1.29, 1.82) is 0 Å². The van der Waals surface area contributed by atoms with Gasteiger partial charge in [0.15, 0.2) is 6.54 Å². The Balaban J connectivity index is 1.83. The summed E-state index contributed by atoms with van der Waals surface area (Å²) in [5.41, 5.74) is 1.08. The molecule has 0 aromatic heterocycles. The van der Waals surface area contributed by atoms with E-state index >= 15 is 0 Å². The van der Waals surface area contributed by atoms with Crippen LogP contribution in [0.15, 0.2) is 24.3 Å². The average molecular weight is 364 g/mol. The molecule has 0 spiro atoms. The Labute approximate surface area is 154 Å². The van der Waals surface area contributed by atoms with Crippen LogP contribution < -0.4 is 15.1 Å². The Morgan fingerprint density at radius 2 is 1.88 bits per heavy atom. The number of hydrogen-bond donors (Lipinski definition) is 3. The number of nitrogens with one attached hydrogen (secondary N) is 2. The highest BCUT2D eigenvalue weighted by Gasteiger charge is 2.29. The summed E-state index contributed by atoms with van der Waals surface area (Å²) in [6.07, 6.45) is 0.790. The molecule has 7 nitrogen and oxygen atoms in total. The first-order valence-corrected chi connectivity index (χ1v) is 9.19. The maximum Gasteiger partial charge on any atom is 0.328 e. The van der Waals surface area contributed by atoms with E-state index in [9.17, 15) is 14.7 Å². The van der Waals surface area contributed by atoms with Crippen LogP contribution >= 0.6 is 0 Å². The zero-order valence-corrected chi connectivity index (χ0v) is 15.8. The Hall–Kier alpha value is -2.28. The minimum atomic E-state index is -0.588. The van der Waals surface area contributed by atoms with Gasteiger partial charge in [0.25, 0.3) is 5.91 Å². The Morgan fingerprint density at radius 1 is 1.27 bits per heavy atom. The number of carbonyl (C=O) groups excluding carboxylic acids is 2.